The highest BCUT2D eigenvalue weighted by Gasteiger charge is 2.06. The Balaban J connectivity index is 2.37. The van der Waals surface area contributed by atoms with Gasteiger partial charge >= 0.3 is 0 Å². The molecule has 1 heterocycles. The molecule has 1 aromatic heterocycles. The minimum Gasteiger partial charge on any atom is -0.328 e. The van der Waals surface area contributed by atoms with Crippen molar-refractivity contribution in [2.45, 2.75) is 26.3 Å². The summed E-state index contributed by atoms with van der Waals surface area (Å²) in [5.74, 6) is 0. The van der Waals surface area contributed by atoms with Gasteiger partial charge in [0.05, 0.1) is 6.33 Å². The molecule has 2 aromatic rings. The van der Waals surface area contributed by atoms with Crippen LogP contribution >= 0.6 is 0 Å². The molecule has 0 radical (unpaired) electrons. The number of hydrogen-bond donors (Lipinski definition) is 1. The maximum absolute atomic E-state index is 5.82. The van der Waals surface area contributed by atoms with Crippen molar-refractivity contribution in [3.05, 3.63) is 48.0 Å². The molecule has 0 spiro atoms. The van der Waals surface area contributed by atoms with Gasteiger partial charge < -0.3 is 10.3 Å². The second-order valence-corrected chi connectivity index (χ2v) is 4.28. The van der Waals surface area contributed by atoms with Crippen LogP contribution in [0.4, 0.5) is 0 Å². The highest BCUT2D eigenvalue weighted by molar-refractivity contribution is 5.37. The Hall–Kier alpha value is -1.61. The number of imidazole rings is 1. The molecule has 2 N–H and O–H groups in total. The molecule has 0 aliphatic carbocycles. The number of aryl methyl sites for hydroxylation is 1. The predicted octanol–water partition coefficient (Wildman–Crippen LogP) is 2.07. The van der Waals surface area contributed by atoms with Crippen LogP contribution in [0.1, 0.15) is 18.2 Å². The quantitative estimate of drug-likeness (QED) is 0.851. The summed E-state index contributed by atoms with van der Waals surface area (Å²) in [6.45, 7) is 4.10. The first-order valence-electron chi connectivity index (χ1n) is 5.50. The van der Waals surface area contributed by atoms with Gasteiger partial charge in [-0.2, -0.15) is 0 Å². The number of nitrogens with zero attached hydrogens (tertiary/aromatic N) is 2. The third-order valence-corrected chi connectivity index (χ3v) is 2.53. The van der Waals surface area contributed by atoms with Gasteiger partial charge in [-0.25, -0.2) is 4.98 Å². The van der Waals surface area contributed by atoms with Crippen molar-refractivity contribution < 1.29 is 0 Å². The molecule has 1 atom stereocenters. The van der Waals surface area contributed by atoms with E-state index in [1.54, 1.807) is 0 Å². The van der Waals surface area contributed by atoms with Gasteiger partial charge in [0.2, 0.25) is 0 Å². The fraction of sp³-hybridized carbons (Fsp3) is 0.308. The summed E-state index contributed by atoms with van der Waals surface area (Å²) < 4.78 is 2.09. The van der Waals surface area contributed by atoms with E-state index in [9.17, 15) is 0 Å². The first-order valence-corrected chi connectivity index (χ1v) is 5.50. The summed E-state index contributed by atoms with van der Waals surface area (Å²) in [4.78, 5) is 4.19. The van der Waals surface area contributed by atoms with Gasteiger partial charge in [-0.05, 0) is 31.5 Å². The Kier molecular flexibility index (Phi) is 3.06. The Morgan fingerprint density at radius 1 is 1.44 bits per heavy atom. The minimum absolute atomic E-state index is 0.153. The van der Waals surface area contributed by atoms with Crippen LogP contribution in [0.5, 0.6) is 0 Å². The largest absolute Gasteiger partial charge is 0.328 e. The molecular formula is C13H17N3. The highest BCUT2D eigenvalue weighted by atomic mass is 15.0. The van der Waals surface area contributed by atoms with E-state index < -0.39 is 0 Å². The Bertz CT molecular complexity index is 472. The van der Waals surface area contributed by atoms with Crippen molar-refractivity contribution >= 4 is 0 Å². The third kappa shape index (κ3) is 2.31. The van der Waals surface area contributed by atoms with Crippen LogP contribution in [-0.4, -0.2) is 15.6 Å². The summed E-state index contributed by atoms with van der Waals surface area (Å²) in [5, 5.41) is 0. The van der Waals surface area contributed by atoms with Crippen molar-refractivity contribution in [2.24, 2.45) is 5.73 Å². The smallest absolute Gasteiger partial charge is 0.0994 e. The van der Waals surface area contributed by atoms with E-state index in [2.05, 4.69) is 40.7 Å². The zero-order valence-electron chi connectivity index (χ0n) is 9.72. The SMILES string of the molecule is Cc1cccc(-n2cncc2CC(C)N)c1. The van der Waals surface area contributed by atoms with E-state index in [1.807, 2.05) is 19.4 Å². The highest BCUT2D eigenvalue weighted by Crippen LogP contribution is 2.13. The standard InChI is InChI=1S/C13H17N3/c1-10-4-3-5-12(6-10)16-9-15-8-13(16)7-11(2)14/h3-6,8-9,11H,7,14H2,1-2H3. The average molecular weight is 215 g/mol. The summed E-state index contributed by atoms with van der Waals surface area (Å²) in [5.41, 5.74) is 9.37. The van der Waals surface area contributed by atoms with Gasteiger partial charge in [-0.15, -0.1) is 0 Å². The second-order valence-electron chi connectivity index (χ2n) is 4.28. The van der Waals surface area contributed by atoms with Crippen LogP contribution in [-0.2, 0) is 6.42 Å². The number of nitrogens with two attached hydrogens (primary N) is 1. The Labute approximate surface area is 95.9 Å². The van der Waals surface area contributed by atoms with Gasteiger partial charge in [-0.3, -0.25) is 0 Å². The number of benzene rings is 1. The Morgan fingerprint density at radius 3 is 2.94 bits per heavy atom. The van der Waals surface area contributed by atoms with Gasteiger partial charge in [0.15, 0.2) is 0 Å². The maximum Gasteiger partial charge on any atom is 0.0994 e. The molecule has 1 unspecified atom stereocenters. The summed E-state index contributed by atoms with van der Waals surface area (Å²) in [7, 11) is 0. The average Bonchev–Trinajstić information content (AvgIpc) is 2.65. The molecule has 2 rings (SSSR count). The van der Waals surface area contributed by atoms with Crippen molar-refractivity contribution in [2.75, 3.05) is 0 Å². The molecule has 84 valence electrons. The Morgan fingerprint density at radius 2 is 2.25 bits per heavy atom. The number of aromatic nitrogens is 2. The van der Waals surface area contributed by atoms with Gasteiger partial charge in [0, 0.05) is 30.0 Å². The molecule has 0 fully saturated rings. The van der Waals surface area contributed by atoms with Gasteiger partial charge in [0.1, 0.15) is 0 Å². The van der Waals surface area contributed by atoms with E-state index in [1.165, 1.54) is 5.56 Å². The fourth-order valence-corrected chi connectivity index (χ4v) is 1.81. The summed E-state index contributed by atoms with van der Waals surface area (Å²) >= 11 is 0. The lowest BCUT2D eigenvalue weighted by Gasteiger charge is -2.10. The molecule has 0 amide bonds. The van der Waals surface area contributed by atoms with Crippen molar-refractivity contribution in [3.63, 3.8) is 0 Å². The molecule has 0 saturated carbocycles. The molecule has 3 heteroatoms. The summed E-state index contributed by atoms with van der Waals surface area (Å²) in [6, 6.07) is 8.53. The van der Waals surface area contributed by atoms with Crippen LogP contribution < -0.4 is 5.73 Å². The second kappa shape index (κ2) is 4.49. The molecular weight excluding hydrogens is 198 g/mol. The van der Waals surface area contributed by atoms with Crippen LogP contribution in [0.2, 0.25) is 0 Å². The van der Waals surface area contributed by atoms with Gasteiger partial charge in [0.25, 0.3) is 0 Å². The normalized spacial score (nSPS) is 12.7. The van der Waals surface area contributed by atoms with Crippen LogP contribution in [0.3, 0.4) is 0 Å². The van der Waals surface area contributed by atoms with Crippen LogP contribution in [0.15, 0.2) is 36.8 Å². The lowest BCUT2D eigenvalue weighted by Crippen LogP contribution is -2.19. The maximum atomic E-state index is 5.82. The van der Waals surface area contributed by atoms with E-state index in [4.69, 9.17) is 5.73 Å². The number of hydrogen-bond acceptors (Lipinski definition) is 2. The molecule has 1 aromatic carbocycles. The first-order chi connectivity index (χ1) is 7.66. The monoisotopic (exact) mass is 215 g/mol. The lowest BCUT2D eigenvalue weighted by atomic mass is 10.2. The first kappa shape index (κ1) is 10.9. The van der Waals surface area contributed by atoms with Crippen molar-refractivity contribution in [3.8, 4) is 5.69 Å². The molecule has 16 heavy (non-hydrogen) atoms. The molecule has 0 bridgehead atoms. The zero-order chi connectivity index (χ0) is 11.5. The van der Waals surface area contributed by atoms with E-state index >= 15 is 0 Å². The molecule has 3 nitrogen and oxygen atoms in total. The van der Waals surface area contributed by atoms with Gasteiger partial charge in [-0.1, -0.05) is 12.1 Å². The van der Waals surface area contributed by atoms with Crippen molar-refractivity contribution in [1.82, 2.24) is 9.55 Å². The predicted molar refractivity (Wildman–Crippen MR) is 65.7 cm³/mol. The molecule has 0 aliphatic heterocycles. The van der Waals surface area contributed by atoms with Crippen LogP contribution in [0.25, 0.3) is 5.69 Å². The summed E-state index contributed by atoms with van der Waals surface area (Å²) in [6.07, 6.45) is 4.56. The zero-order valence-corrected chi connectivity index (χ0v) is 9.72. The van der Waals surface area contributed by atoms with E-state index in [0.717, 1.165) is 17.8 Å². The minimum atomic E-state index is 0.153. The topological polar surface area (TPSA) is 43.8 Å². The van der Waals surface area contributed by atoms with E-state index in [0.29, 0.717) is 0 Å². The lowest BCUT2D eigenvalue weighted by molar-refractivity contribution is 0.709. The molecule has 0 saturated heterocycles. The van der Waals surface area contributed by atoms with E-state index in [-0.39, 0.29) is 6.04 Å². The van der Waals surface area contributed by atoms with Crippen LogP contribution in [0, 0.1) is 6.92 Å². The number of rotatable bonds is 3. The third-order valence-electron chi connectivity index (χ3n) is 2.53. The fourth-order valence-electron chi connectivity index (χ4n) is 1.81. The van der Waals surface area contributed by atoms with Crippen molar-refractivity contribution in [1.29, 1.82) is 0 Å². The molecule has 0 aliphatic rings.